The van der Waals surface area contributed by atoms with Crippen LogP contribution in [0.4, 0.5) is 0 Å². The van der Waals surface area contributed by atoms with Gasteiger partial charge in [0.25, 0.3) is 0 Å². The third kappa shape index (κ3) is 11.2. The summed E-state index contributed by atoms with van der Waals surface area (Å²) in [6.07, 6.45) is 14.6. The largest absolute Gasteiger partial charge is 0.478 e. The Balaban J connectivity index is 3.26. The van der Waals surface area contributed by atoms with Gasteiger partial charge in [0.05, 0.1) is 0 Å². The maximum Gasteiger partial charge on any atom is 0.330 e. The lowest BCUT2D eigenvalue weighted by molar-refractivity contribution is -0.132. The predicted molar refractivity (Wildman–Crippen MR) is 73.1 cm³/mol. The van der Waals surface area contributed by atoms with Crippen molar-refractivity contribution in [1.82, 2.24) is 0 Å². The number of carboxylic acid groups (broad SMARTS) is 1. The summed E-state index contributed by atoms with van der Waals surface area (Å²) in [6.45, 7) is 5.73. The Kier molecular flexibility index (Phi) is 10.7. The fourth-order valence-electron chi connectivity index (χ4n) is 1.64. The second-order valence-electron chi connectivity index (χ2n) is 4.48. The summed E-state index contributed by atoms with van der Waals surface area (Å²) in [6, 6.07) is 0. The lowest BCUT2D eigenvalue weighted by Crippen LogP contribution is -1.97. The predicted octanol–water partition coefficient (Wildman–Crippen LogP) is 4.71. The lowest BCUT2D eigenvalue weighted by atomic mass is 10.1. The molecule has 0 aromatic heterocycles. The van der Waals surface area contributed by atoms with E-state index in [4.69, 9.17) is 5.11 Å². The van der Waals surface area contributed by atoms with E-state index in [-0.39, 0.29) is 0 Å². The summed E-state index contributed by atoms with van der Waals surface area (Å²) >= 11 is 0. The molecule has 98 valence electrons. The van der Waals surface area contributed by atoms with Crippen molar-refractivity contribution in [2.75, 3.05) is 0 Å². The van der Waals surface area contributed by atoms with E-state index in [0.29, 0.717) is 12.0 Å². The Labute approximate surface area is 105 Å². The van der Waals surface area contributed by atoms with Gasteiger partial charge in [0.2, 0.25) is 0 Å². The molecule has 1 N–H and O–H groups in total. The van der Waals surface area contributed by atoms with Crippen LogP contribution in [0.2, 0.25) is 0 Å². The van der Waals surface area contributed by atoms with E-state index >= 15 is 0 Å². The van der Waals surface area contributed by atoms with Gasteiger partial charge >= 0.3 is 5.97 Å². The van der Waals surface area contributed by atoms with Crippen LogP contribution >= 0.6 is 0 Å². The summed E-state index contributed by atoms with van der Waals surface area (Å²) in [5, 5.41) is 8.61. The molecular weight excluding hydrogens is 212 g/mol. The average Bonchev–Trinajstić information content (AvgIpc) is 2.31. The minimum atomic E-state index is -0.870. The molecule has 0 bridgehead atoms. The molecule has 0 rings (SSSR count). The van der Waals surface area contributed by atoms with E-state index in [0.717, 1.165) is 19.3 Å². The quantitative estimate of drug-likeness (QED) is 0.321. The van der Waals surface area contributed by atoms with E-state index in [9.17, 15) is 4.79 Å². The van der Waals surface area contributed by atoms with Crippen molar-refractivity contribution in [2.45, 2.75) is 64.7 Å². The zero-order valence-corrected chi connectivity index (χ0v) is 11.1. The van der Waals surface area contributed by atoms with E-state index in [2.05, 4.69) is 25.7 Å². The maximum absolute atomic E-state index is 10.5. The van der Waals surface area contributed by atoms with Crippen LogP contribution in [0.1, 0.15) is 64.7 Å². The first kappa shape index (κ1) is 16.0. The van der Waals surface area contributed by atoms with Gasteiger partial charge in [-0.25, -0.2) is 4.79 Å². The second kappa shape index (κ2) is 11.4. The first-order valence-corrected chi connectivity index (χ1v) is 6.74. The third-order valence-electron chi connectivity index (χ3n) is 2.79. The van der Waals surface area contributed by atoms with Crippen LogP contribution in [0.5, 0.6) is 0 Å². The third-order valence-corrected chi connectivity index (χ3v) is 2.79. The summed E-state index contributed by atoms with van der Waals surface area (Å²) in [4.78, 5) is 10.5. The van der Waals surface area contributed by atoms with Gasteiger partial charge in [-0.1, -0.05) is 51.3 Å². The smallest absolute Gasteiger partial charge is 0.330 e. The number of aliphatic carboxylic acids is 1. The van der Waals surface area contributed by atoms with E-state index in [1.54, 1.807) is 0 Å². The highest BCUT2D eigenvalue weighted by molar-refractivity contribution is 5.85. The number of carbonyl (C=O) groups is 1. The molecule has 0 aromatic carbocycles. The molecule has 17 heavy (non-hydrogen) atoms. The molecule has 0 aromatic rings. The summed E-state index contributed by atoms with van der Waals surface area (Å²) in [5.74, 6) is -0.870. The molecule has 0 saturated carbocycles. The minimum Gasteiger partial charge on any atom is -0.478 e. The van der Waals surface area contributed by atoms with Crippen molar-refractivity contribution in [2.24, 2.45) is 0 Å². The van der Waals surface area contributed by atoms with Crippen molar-refractivity contribution < 1.29 is 9.90 Å². The maximum atomic E-state index is 10.5. The highest BCUT2D eigenvalue weighted by Crippen LogP contribution is 2.08. The van der Waals surface area contributed by atoms with Gasteiger partial charge in [0.15, 0.2) is 0 Å². The lowest BCUT2D eigenvalue weighted by Gasteiger charge is -1.98. The van der Waals surface area contributed by atoms with Crippen molar-refractivity contribution in [3.63, 3.8) is 0 Å². The number of hydrogen-bond donors (Lipinski definition) is 1. The molecular formula is C15H26O2. The Bertz CT molecular complexity index is 241. The minimum absolute atomic E-state index is 0.318. The van der Waals surface area contributed by atoms with Crippen LogP contribution in [-0.4, -0.2) is 11.1 Å². The standard InChI is InChI=1S/C15H26O2/c1-3-4-5-6-7-8-9-10-11-12-13-14(2)15(16)17/h9-10H,2-8,11-13H2,1H3,(H,16,17). The fraction of sp³-hybridized carbons (Fsp3) is 0.667. The molecule has 0 aliphatic rings. The Morgan fingerprint density at radius 3 is 2.24 bits per heavy atom. The molecule has 0 spiro atoms. The topological polar surface area (TPSA) is 37.3 Å². The summed E-state index contributed by atoms with van der Waals surface area (Å²) in [7, 11) is 0. The second-order valence-corrected chi connectivity index (χ2v) is 4.48. The molecule has 0 aliphatic carbocycles. The van der Waals surface area contributed by atoms with E-state index in [1.807, 2.05) is 0 Å². The first-order chi connectivity index (χ1) is 8.18. The van der Waals surface area contributed by atoms with Crippen molar-refractivity contribution >= 4 is 5.97 Å². The zero-order chi connectivity index (χ0) is 12.9. The highest BCUT2D eigenvalue weighted by atomic mass is 16.4. The molecule has 0 fully saturated rings. The van der Waals surface area contributed by atoms with Crippen molar-refractivity contribution in [1.29, 1.82) is 0 Å². The molecule has 2 nitrogen and oxygen atoms in total. The van der Waals surface area contributed by atoms with Crippen LogP contribution in [0.25, 0.3) is 0 Å². The number of hydrogen-bond acceptors (Lipinski definition) is 1. The van der Waals surface area contributed by atoms with Crippen LogP contribution in [0, 0.1) is 0 Å². The van der Waals surface area contributed by atoms with Crippen LogP contribution in [0.3, 0.4) is 0 Å². The zero-order valence-electron chi connectivity index (χ0n) is 11.1. The van der Waals surface area contributed by atoms with E-state index < -0.39 is 5.97 Å². The number of unbranched alkanes of at least 4 members (excludes halogenated alkanes) is 6. The fourth-order valence-corrected chi connectivity index (χ4v) is 1.64. The molecule has 2 heteroatoms. The number of carboxylic acids is 1. The Morgan fingerprint density at radius 1 is 1.06 bits per heavy atom. The molecule has 0 radical (unpaired) electrons. The van der Waals surface area contributed by atoms with Gasteiger partial charge < -0.3 is 5.11 Å². The van der Waals surface area contributed by atoms with Crippen molar-refractivity contribution in [3.8, 4) is 0 Å². The first-order valence-electron chi connectivity index (χ1n) is 6.74. The highest BCUT2D eigenvalue weighted by Gasteiger charge is 2.01. The van der Waals surface area contributed by atoms with Gasteiger partial charge in [-0.2, -0.15) is 0 Å². The average molecular weight is 238 g/mol. The molecule has 0 atom stereocenters. The summed E-state index contributed by atoms with van der Waals surface area (Å²) < 4.78 is 0. The summed E-state index contributed by atoms with van der Waals surface area (Å²) in [5.41, 5.74) is 0.318. The van der Waals surface area contributed by atoms with Crippen LogP contribution < -0.4 is 0 Å². The van der Waals surface area contributed by atoms with Gasteiger partial charge in [0, 0.05) is 5.57 Å². The molecule has 0 heterocycles. The molecule has 0 saturated heterocycles. The molecule has 0 aliphatic heterocycles. The van der Waals surface area contributed by atoms with Gasteiger partial charge in [0.1, 0.15) is 0 Å². The Hall–Kier alpha value is -1.05. The van der Waals surface area contributed by atoms with Crippen LogP contribution in [-0.2, 0) is 4.79 Å². The Morgan fingerprint density at radius 2 is 1.65 bits per heavy atom. The van der Waals surface area contributed by atoms with Gasteiger partial charge in [-0.05, 0) is 32.1 Å². The normalized spacial score (nSPS) is 10.9. The van der Waals surface area contributed by atoms with Crippen molar-refractivity contribution in [3.05, 3.63) is 24.3 Å². The monoisotopic (exact) mass is 238 g/mol. The van der Waals surface area contributed by atoms with Gasteiger partial charge in [-0.15, -0.1) is 0 Å². The molecule has 0 unspecified atom stereocenters. The van der Waals surface area contributed by atoms with Crippen LogP contribution in [0.15, 0.2) is 24.3 Å². The SMILES string of the molecule is C=C(CCCC=CCCCCCCC)C(=O)O. The molecule has 0 amide bonds. The number of rotatable bonds is 11. The number of allylic oxidation sites excluding steroid dienone is 2. The van der Waals surface area contributed by atoms with E-state index in [1.165, 1.54) is 32.1 Å². The van der Waals surface area contributed by atoms with Gasteiger partial charge in [-0.3, -0.25) is 0 Å².